The first-order chi connectivity index (χ1) is 6.63. The molecule has 2 aromatic rings. The topological polar surface area (TPSA) is 93.5 Å². The smallest absolute Gasteiger partial charge is 0.339 e. The van der Waals surface area contributed by atoms with Gasteiger partial charge < -0.3 is 10.8 Å². The fourth-order valence-corrected chi connectivity index (χ4v) is 1.45. The Bertz CT molecular complexity index is 478. The highest BCUT2D eigenvalue weighted by molar-refractivity contribution is 6.00. The predicted octanol–water partition coefficient (Wildman–Crippen LogP) is 0.318. The molecule has 14 heavy (non-hydrogen) atoms. The molecule has 0 amide bonds. The van der Waals surface area contributed by atoms with Crippen molar-refractivity contribution in [1.82, 2.24) is 14.6 Å². The fraction of sp³-hybridized carbons (Fsp3) is 0.125. The van der Waals surface area contributed by atoms with Crippen LogP contribution in [0.2, 0.25) is 0 Å². The molecule has 0 bridgehead atoms. The molecule has 6 nitrogen and oxygen atoms in total. The van der Waals surface area contributed by atoms with Gasteiger partial charge in [-0.3, -0.25) is 0 Å². The lowest BCUT2D eigenvalue weighted by Crippen LogP contribution is -2.01. The highest BCUT2D eigenvalue weighted by Crippen LogP contribution is 2.23. The second-order valence-electron chi connectivity index (χ2n) is 2.89. The molecule has 2 rings (SSSR count). The van der Waals surface area contributed by atoms with Crippen LogP contribution in [0.15, 0.2) is 12.5 Å². The maximum absolute atomic E-state index is 10.9. The number of anilines is 1. The van der Waals surface area contributed by atoms with E-state index in [-0.39, 0.29) is 11.3 Å². The zero-order chi connectivity index (χ0) is 10.3. The average molecular weight is 192 g/mol. The lowest BCUT2D eigenvalue weighted by molar-refractivity contribution is 0.0697. The van der Waals surface area contributed by atoms with E-state index in [1.165, 1.54) is 17.0 Å². The Morgan fingerprint density at radius 1 is 1.64 bits per heavy atom. The Morgan fingerprint density at radius 2 is 2.36 bits per heavy atom. The number of fused-ring (bicyclic) bond motifs is 1. The SMILES string of the molecule is Cc1c(C(=O)O)c(N)c2cncnn12. The largest absolute Gasteiger partial charge is 0.478 e. The number of carboxylic acid groups (broad SMARTS) is 1. The molecule has 0 aliphatic rings. The summed E-state index contributed by atoms with van der Waals surface area (Å²) in [5.74, 6) is -1.05. The van der Waals surface area contributed by atoms with Gasteiger partial charge in [0.05, 0.1) is 17.6 Å². The minimum absolute atomic E-state index is 0.0884. The third-order valence-corrected chi connectivity index (χ3v) is 2.10. The van der Waals surface area contributed by atoms with Crippen LogP contribution in [0.4, 0.5) is 5.69 Å². The molecule has 0 aliphatic carbocycles. The molecular weight excluding hydrogens is 184 g/mol. The van der Waals surface area contributed by atoms with Gasteiger partial charge in [-0.15, -0.1) is 0 Å². The number of aromatic carboxylic acids is 1. The van der Waals surface area contributed by atoms with Crippen molar-refractivity contribution in [3.8, 4) is 0 Å². The number of aryl methyl sites for hydroxylation is 1. The Labute approximate surface area is 79.0 Å². The molecule has 0 aliphatic heterocycles. The molecule has 6 heteroatoms. The minimum atomic E-state index is -1.05. The van der Waals surface area contributed by atoms with Crippen molar-refractivity contribution in [3.05, 3.63) is 23.8 Å². The van der Waals surface area contributed by atoms with Gasteiger partial charge in [-0.25, -0.2) is 14.3 Å². The van der Waals surface area contributed by atoms with E-state index in [4.69, 9.17) is 10.8 Å². The number of hydrogen-bond acceptors (Lipinski definition) is 4. The van der Waals surface area contributed by atoms with Crippen LogP contribution in [0.5, 0.6) is 0 Å². The normalized spacial score (nSPS) is 10.6. The lowest BCUT2D eigenvalue weighted by atomic mass is 10.2. The summed E-state index contributed by atoms with van der Waals surface area (Å²) in [6.45, 7) is 1.65. The Morgan fingerprint density at radius 3 is 2.93 bits per heavy atom. The van der Waals surface area contributed by atoms with Crippen molar-refractivity contribution < 1.29 is 9.90 Å². The highest BCUT2D eigenvalue weighted by atomic mass is 16.4. The number of rotatable bonds is 1. The van der Waals surface area contributed by atoms with E-state index in [9.17, 15) is 4.79 Å². The molecule has 2 heterocycles. The van der Waals surface area contributed by atoms with Crippen molar-refractivity contribution in [2.45, 2.75) is 6.92 Å². The van der Waals surface area contributed by atoms with Gasteiger partial charge in [-0.1, -0.05) is 0 Å². The van der Waals surface area contributed by atoms with Crippen LogP contribution in [-0.4, -0.2) is 25.7 Å². The van der Waals surface area contributed by atoms with Gasteiger partial charge in [-0.2, -0.15) is 5.10 Å². The second-order valence-corrected chi connectivity index (χ2v) is 2.89. The molecule has 0 atom stereocenters. The van der Waals surface area contributed by atoms with Gasteiger partial charge in [0.25, 0.3) is 0 Å². The summed E-state index contributed by atoms with van der Waals surface area (Å²) >= 11 is 0. The second kappa shape index (κ2) is 2.69. The van der Waals surface area contributed by atoms with Gasteiger partial charge in [0.1, 0.15) is 17.4 Å². The Kier molecular flexibility index (Phi) is 1.63. The molecule has 0 aromatic carbocycles. The third kappa shape index (κ3) is 0.936. The molecule has 3 N–H and O–H groups in total. The first-order valence-electron chi connectivity index (χ1n) is 3.93. The summed E-state index contributed by atoms with van der Waals surface area (Å²) in [6.07, 6.45) is 2.83. The molecule has 0 radical (unpaired) electrons. The Hall–Kier alpha value is -2.11. The number of nitrogens with zero attached hydrogens (tertiary/aromatic N) is 3. The Balaban J connectivity index is 2.92. The summed E-state index contributed by atoms with van der Waals surface area (Å²) in [5.41, 5.74) is 6.97. The predicted molar refractivity (Wildman–Crippen MR) is 49.1 cm³/mol. The number of nitrogens with two attached hydrogens (primary N) is 1. The zero-order valence-corrected chi connectivity index (χ0v) is 7.43. The monoisotopic (exact) mass is 192 g/mol. The third-order valence-electron chi connectivity index (χ3n) is 2.10. The number of carbonyl (C=O) groups is 1. The first kappa shape index (κ1) is 8.49. The number of aromatic nitrogens is 3. The molecule has 2 aromatic heterocycles. The van der Waals surface area contributed by atoms with E-state index in [2.05, 4.69) is 10.1 Å². The molecule has 72 valence electrons. The van der Waals surface area contributed by atoms with Crippen molar-refractivity contribution in [2.75, 3.05) is 5.73 Å². The maximum atomic E-state index is 10.9. The zero-order valence-electron chi connectivity index (χ0n) is 7.43. The van der Waals surface area contributed by atoms with Gasteiger partial charge >= 0.3 is 5.97 Å². The molecule has 0 saturated heterocycles. The number of hydrogen-bond donors (Lipinski definition) is 2. The van der Waals surface area contributed by atoms with Crippen LogP contribution >= 0.6 is 0 Å². The van der Waals surface area contributed by atoms with Gasteiger partial charge in [0, 0.05) is 0 Å². The van der Waals surface area contributed by atoms with E-state index >= 15 is 0 Å². The fourth-order valence-electron chi connectivity index (χ4n) is 1.45. The van der Waals surface area contributed by atoms with Crippen molar-refractivity contribution in [1.29, 1.82) is 0 Å². The average Bonchev–Trinajstić information content (AvgIpc) is 2.41. The van der Waals surface area contributed by atoms with Gasteiger partial charge in [-0.05, 0) is 6.92 Å². The van der Waals surface area contributed by atoms with E-state index in [0.717, 1.165) is 0 Å². The van der Waals surface area contributed by atoms with Crippen LogP contribution in [-0.2, 0) is 0 Å². The number of nitrogen functional groups attached to an aromatic ring is 1. The standard InChI is InChI=1S/C8H8N4O2/c1-4-6(8(13)14)7(9)5-2-10-3-11-12(4)5/h2-3H,9H2,1H3,(H,13,14). The van der Waals surface area contributed by atoms with Crippen LogP contribution in [0.3, 0.4) is 0 Å². The summed E-state index contributed by atoms with van der Waals surface area (Å²) in [6, 6.07) is 0. The van der Waals surface area contributed by atoms with E-state index < -0.39 is 5.97 Å². The van der Waals surface area contributed by atoms with Crippen LogP contribution in [0, 0.1) is 6.92 Å². The number of carboxylic acids is 1. The quantitative estimate of drug-likeness (QED) is 0.678. The van der Waals surface area contributed by atoms with Crippen molar-refractivity contribution >= 4 is 17.2 Å². The summed E-state index contributed by atoms with van der Waals surface area (Å²) in [4.78, 5) is 14.7. The molecule has 0 unspecified atom stereocenters. The molecule has 0 saturated carbocycles. The van der Waals surface area contributed by atoms with Crippen molar-refractivity contribution in [3.63, 3.8) is 0 Å². The van der Waals surface area contributed by atoms with Crippen LogP contribution < -0.4 is 5.73 Å². The van der Waals surface area contributed by atoms with E-state index in [1.807, 2.05) is 0 Å². The van der Waals surface area contributed by atoms with Crippen LogP contribution in [0.25, 0.3) is 5.52 Å². The van der Waals surface area contributed by atoms with E-state index in [0.29, 0.717) is 11.2 Å². The molecule has 0 spiro atoms. The molecular formula is C8H8N4O2. The lowest BCUT2D eigenvalue weighted by Gasteiger charge is -1.93. The van der Waals surface area contributed by atoms with Crippen LogP contribution in [0.1, 0.15) is 16.1 Å². The summed E-state index contributed by atoms with van der Waals surface area (Å²) in [7, 11) is 0. The maximum Gasteiger partial charge on any atom is 0.339 e. The first-order valence-corrected chi connectivity index (χ1v) is 3.93. The highest BCUT2D eigenvalue weighted by Gasteiger charge is 2.19. The van der Waals surface area contributed by atoms with Gasteiger partial charge in [0.15, 0.2) is 0 Å². The van der Waals surface area contributed by atoms with Crippen molar-refractivity contribution in [2.24, 2.45) is 0 Å². The summed E-state index contributed by atoms with van der Waals surface area (Å²) in [5, 5.41) is 12.8. The minimum Gasteiger partial charge on any atom is -0.478 e. The summed E-state index contributed by atoms with van der Waals surface area (Å²) < 4.78 is 1.46. The van der Waals surface area contributed by atoms with Gasteiger partial charge in [0.2, 0.25) is 0 Å². The molecule has 0 fully saturated rings. The van der Waals surface area contributed by atoms with E-state index in [1.54, 1.807) is 6.92 Å².